The Kier molecular flexibility index (Phi) is 8.89. The van der Waals surface area contributed by atoms with Crippen molar-refractivity contribution in [3.8, 4) is 28.3 Å². The first-order chi connectivity index (χ1) is 24.0. The van der Waals surface area contributed by atoms with Crippen molar-refractivity contribution in [1.29, 1.82) is 0 Å². The maximum atomic E-state index is 14.1. The molecule has 5 heterocycles. The summed E-state index contributed by atoms with van der Waals surface area (Å²) < 4.78 is 7.77. The number of fused-ring (bicyclic) bond motifs is 2. The van der Waals surface area contributed by atoms with Crippen LogP contribution in [0.3, 0.4) is 0 Å². The third-order valence-corrected chi connectivity index (χ3v) is 12.3. The summed E-state index contributed by atoms with van der Waals surface area (Å²) in [4.78, 5) is 37.3. The van der Waals surface area contributed by atoms with E-state index in [4.69, 9.17) is 9.72 Å². The minimum atomic E-state index is -0.915. The number of carbonyl (C=O) groups excluding carboxylic acids is 1. The van der Waals surface area contributed by atoms with Gasteiger partial charge >= 0.3 is 5.97 Å². The molecule has 49 heavy (non-hydrogen) atoms. The second-order valence-corrected chi connectivity index (χ2v) is 15.0. The molecule has 8 rings (SSSR count). The van der Waals surface area contributed by atoms with Crippen LogP contribution >= 0.6 is 11.3 Å². The highest BCUT2D eigenvalue weighted by Gasteiger charge is 2.32. The number of rotatable bonds is 8. The van der Waals surface area contributed by atoms with Crippen LogP contribution in [-0.4, -0.2) is 75.7 Å². The van der Waals surface area contributed by atoms with Crippen molar-refractivity contribution < 1.29 is 19.4 Å². The number of nitrogens with zero attached hydrogens (tertiary/aromatic N) is 4. The largest absolute Gasteiger partial charge is 0.496 e. The first-order valence-electron chi connectivity index (χ1n) is 17.9. The molecule has 2 aromatic carbocycles. The number of benzene rings is 2. The van der Waals surface area contributed by atoms with Crippen molar-refractivity contribution in [2.24, 2.45) is 0 Å². The predicted octanol–water partition coefficient (Wildman–Crippen LogP) is 8.43. The van der Waals surface area contributed by atoms with Gasteiger partial charge in [0.15, 0.2) is 0 Å². The minimum Gasteiger partial charge on any atom is -0.496 e. The van der Waals surface area contributed by atoms with E-state index < -0.39 is 5.97 Å². The molecule has 3 aromatic heterocycles. The van der Waals surface area contributed by atoms with Gasteiger partial charge in [-0.1, -0.05) is 43.5 Å². The van der Waals surface area contributed by atoms with Gasteiger partial charge in [-0.05, 0) is 105 Å². The van der Waals surface area contributed by atoms with Gasteiger partial charge in [0, 0.05) is 35.5 Å². The fraction of sp³-hybridized carbons (Fsp3) is 0.425. The molecule has 0 bridgehead atoms. The molecule has 5 aromatic rings. The number of carbonyl (C=O) groups is 2. The number of likely N-dealkylation sites (tertiary alicyclic amines) is 2. The number of piperidine rings is 1. The van der Waals surface area contributed by atoms with Crippen LogP contribution in [0.25, 0.3) is 43.6 Å². The Morgan fingerprint density at radius 3 is 2.43 bits per heavy atom. The molecule has 0 unspecified atom stereocenters. The first kappa shape index (κ1) is 32.0. The number of carboxylic acid groups (broad SMARTS) is 1. The van der Waals surface area contributed by atoms with E-state index in [-0.39, 0.29) is 12.5 Å². The lowest BCUT2D eigenvalue weighted by Gasteiger charge is -2.36. The second-order valence-electron chi connectivity index (χ2n) is 14.0. The zero-order valence-electron chi connectivity index (χ0n) is 28.2. The monoisotopic (exact) mass is 676 g/mol. The number of para-hydroxylation sites is 1. The fourth-order valence-electron chi connectivity index (χ4n) is 8.62. The fourth-order valence-corrected chi connectivity index (χ4v) is 9.64. The molecule has 2 saturated heterocycles. The van der Waals surface area contributed by atoms with E-state index in [0.29, 0.717) is 16.8 Å². The summed E-state index contributed by atoms with van der Waals surface area (Å²) in [6.45, 7) is 4.11. The van der Waals surface area contributed by atoms with Gasteiger partial charge in [0.25, 0.3) is 0 Å². The molecule has 9 heteroatoms. The van der Waals surface area contributed by atoms with Crippen LogP contribution in [0.4, 0.5) is 0 Å². The lowest BCUT2D eigenvalue weighted by Crippen LogP contribution is -2.46. The lowest BCUT2D eigenvalue weighted by molar-refractivity contribution is -0.133. The number of thiophene rings is 1. The molecule has 0 radical (unpaired) electrons. The van der Waals surface area contributed by atoms with E-state index in [9.17, 15) is 14.7 Å². The molecule has 3 aliphatic rings. The van der Waals surface area contributed by atoms with Crippen molar-refractivity contribution in [2.75, 3.05) is 33.3 Å². The van der Waals surface area contributed by atoms with E-state index in [1.54, 1.807) is 7.11 Å². The van der Waals surface area contributed by atoms with Gasteiger partial charge in [0.1, 0.15) is 22.0 Å². The minimum absolute atomic E-state index is 0.113. The summed E-state index contributed by atoms with van der Waals surface area (Å²) in [6, 6.07) is 20.9. The Balaban J connectivity index is 1.20. The van der Waals surface area contributed by atoms with E-state index in [1.165, 1.54) is 49.3 Å². The Labute approximate surface area is 291 Å². The highest BCUT2D eigenvalue weighted by molar-refractivity contribution is 7.20. The molecule has 1 N–H and O–H groups in total. The number of ether oxygens (including phenoxy) is 1. The Morgan fingerprint density at radius 1 is 0.898 bits per heavy atom. The van der Waals surface area contributed by atoms with Crippen LogP contribution in [0.2, 0.25) is 0 Å². The predicted molar refractivity (Wildman–Crippen MR) is 196 cm³/mol. The van der Waals surface area contributed by atoms with Crippen LogP contribution in [0.5, 0.6) is 5.75 Å². The van der Waals surface area contributed by atoms with E-state index in [1.807, 2.05) is 41.3 Å². The van der Waals surface area contributed by atoms with Gasteiger partial charge in [0.2, 0.25) is 5.91 Å². The Bertz CT molecular complexity index is 2010. The molecule has 1 amide bonds. The third kappa shape index (κ3) is 6.12. The van der Waals surface area contributed by atoms with Gasteiger partial charge in [-0.2, -0.15) is 0 Å². The summed E-state index contributed by atoms with van der Waals surface area (Å²) in [6.07, 6.45) is 10.3. The van der Waals surface area contributed by atoms with Crippen LogP contribution in [0.1, 0.15) is 78.9 Å². The summed E-state index contributed by atoms with van der Waals surface area (Å²) in [5.74, 6) is 0.299. The molecule has 1 saturated carbocycles. The molecule has 3 fully saturated rings. The second kappa shape index (κ2) is 13.6. The van der Waals surface area contributed by atoms with E-state index >= 15 is 0 Å². The number of pyridine rings is 1. The number of amides is 1. The summed E-state index contributed by atoms with van der Waals surface area (Å²) in [5.41, 5.74) is 5.99. The molecule has 2 aliphatic heterocycles. The number of aromatic nitrogens is 2. The maximum Gasteiger partial charge on any atom is 0.345 e. The van der Waals surface area contributed by atoms with Crippen molar-refractivity contribution in [1.82, 2.24) is 19.4 Å². The third-order valence-electron chi connectivity index (χ3n) is 11.1. The highest BCUT2D eigenvalue weighted by atomic mass is 32.1. The van der Waals surface area contributed by atoms with Crippen molar-refractivity contribution in [3.05, 3.63) is 71.1 Å². The number of hydrogen-bond acceptors (Lipinski definition) is 6. The summed E-state index contributed by atoms with van der Waals surface area (Å²) in [5, 5.41) is 12.1. The summed E-state index contributed by atoms with van der Waals surface area (Å²) in [7, 11) is 1.68. The zero-order valence-corrected chi connectivity index (χ0v) is 29.0. The average Bonchev–Trinajstić information content (AvgIpc) is 3.90. The molecule has 1 aliphatic carbocycles. The molecular formula is C40H44N4O4S. The normalized spacial score (nSPS) is 18.1. The van der Waals surface area contributed by atoms with Crippen molar-refractivity contribution in [2.45, 2.75) is 76.3 Å². The quantitative estimate of drug-likeness (QED) is 0.178. The molecule has 0 atom stereocenters. The SMILES string of the molecule is COc1ccccc1-c1ccc2cc(-c3c(C4CCCCC4)c4cc(C(=O)O)sc4n3CC(=O)N3CCC(N4CCCC4)CC3)ccc2n1. The number of carboxylic acids is 1. The van der Waals surface area contributed by atoms with Crippen LogP contribution < -0.4 is 4.74 Å². The highest BCUT2D eigenvalue weighted by Crippen LogP contribution is 2.47. The number of methoxy groups -OCH3 is 1. The number of hydrogen-bond donors (Lipinski definition) is 1. The van der Waals surface area contributed by atoms with Gasteiger partial charge < -0.3 is 24.2 Å². The average molecular weight is 677 g/mol. The van der Waals surface area contributed by atoms with Gasteiger partial charge in [0.05, 0.1) is 24.0 Å². The maximum absolute atomic E-state index is 14.1. The van der Waals surface area contributed by atoms with E-state index in [0.717, 1.165) is 101 Å². The Hall–Kier alpha value is -4.21. The van der Waals surface area contributed by atoms with Gasteiger partial charge in [-0.3, -0.25) is 4.79 Å². The smallest absolute Gasteiger partial charge is 0.345 e. The topological polar surface area (TPSA) is 87.9 Å². The van der Waals surface area contributed by atoms with Crippen molar-refractivity contribution in [3.63, 3.8) is 0 Å². The summed E-state index contributed by atoms with van der Waals surface area (Å²) >= 11 is 1.30. The molecular weight excluding hydrogens is 633 g/mol. The van der Waals surface area contributed by atoms with Crippen LogP contribution in [-0.2, 0) is 11.3 Å². The van der Waals surface area contributed by atoms with Gasteiger partial charge in [-0.25, -0.2) is 9.78 Å². The lowest BCUT2D eigenvalue weighted by atomic mass is 9.82. The molecule has 0 spiro atoms. The Morgan fingerprint density at radius 2 is 1.67 bits per heavy atom. The van der Waals surface area contributed by atoms with Crippen LogP contribution in [0.15, 0.2) is 60.7 Å². The van der Waals surface area contributed by atoms with E-state index in [2.05, 4.69) is 33.7 Å². The zero-order chi connectivity index (χ0) is 33.5. The molecule has 254 valence electrons. The van der Waals surface area contributed by atoms with Crippen LogP contribution in [0, 0.1) is 0 Å². The van der Waals surface area contributed by atoms with Gasteiger partial charge in [-0.15, -0.1) is 11.3 Å². The van der Waals surface area contributed by atoms with Crippen molar-refractivity contribution >= 4 is 44.3 Å². The number of aromatic carboxylic acids is 1. The standard InChI is InChI=1S/C40H44N4O4S/c1-48-34-12-6-5-11-30(34)33-16-13-27-23-28(14-15-32(27)41-33)38-37(26-9-3-2-4-10-26)31-24-35(40(46)47)49-39(31)44(38)25-36(45)43-21-17-29(18-22-43)42-19-7-8-20-42/h5-6,11-16,23-24,26,29H,2-4,7-10,17-22,25H2,1H3,(H,46,47). The first-order valence-corrected chi connectivity index (χ1v) is 18.8. The molecule has 8 nitrogen and oxygen atoms in total.